The maximum absolute atomic E-state index is 14.3. The standard InChI is InChI=1S/C53H61BN8O8.C32H38BN3O6.C22H26N4O3.ClH.FHP/c1-33(2)27-38(29-47(65)43(28-35-11-9-8-10-12-35)57-49(66)44-32-55-21-22-56-44)54-69-52(5,6)53(7,70-54)37-15-13-36(14-16-37)50(67)61-25-23-60(24-26-61)39-17-19-40(20-18-39)62-48(58-59-51(62)68)42-30-41(34(3)4)45(63)31-46(42)64;1-22(2)17-25(33-41-31(3,4)32(5,42-33)24-11-13-26(14-12-24)40-21-37)19-29(38)27(18-23-9-7-6-8-10-23)36-30(39)28-20-34-15-16-35-28;1-14(2)17-12-18(20(28)13-19(17)27)21-23-24-22(29)26(21)16-8-6-15(7-9-16)25-10-4-3-5-11-25;;1-2/h8-22,30-34,38,43,63-64H,23-29H2,1-7H3,(H,57,66)(H,59,68);6-16,20-22,25,27H,17-19H2,1-5H3,(H,36,39);6-9,12-14,27-28H,3-5,10-11H2,1-2H3,(H,24,29);1H;2H/q;;;;-1/t38-,43+,53?;25-,27+,32?;;;/m11.../s1. The number of nitrogens with one attached hydrogen (secondary N) is 4. The first-order valence-corrected chi connectivity index (χ1v) is 48.7. The van der Waals surface area contributed by atoms with Crippen LogP contribution in [0, 0.1) is 11.8 Å². The molecule has 8 N–H and O–H groups in total. The van der Waals surface area contributed by atoms with Gasteiger partial charge in [-0.2, -0.15) is 10.2 Å². The molecule has 4 aromatic heterocycles. The number of aromatic amines is 2. The fourth-order valence-electron chi connectivity index (χ4n) is 18.8. The minimum atomic E-state index is -0.931. The molecule has 0 aliphatic carbocycles. The summed E-state index contributed by atoms with van der Waals surface area (Å²) in [6.07, 6.45) is 14.5. The highest BCUT2D eigenvalue weighted by Crippen LogP contribution is 2.52. The normalized spacial score (nSPS) is 17.2. The summed E-state index contributed by atoms with van der Waals surface area (Å²) < 4.78 is 43.9. The largest absolute Gasteiger partial charge is 0.508 e. The Bertz CT molecular complexity index is 6460. The Morgan fingerprint density at radius 2 is 0.868 bits per heavy atom. The van der Waals surface area contributed by atoms with Crippen molar-refractivity contribution in [2.24, 2.45) is 11.8 Å². The summed E-state index contributed by atoms with van der Waals surface area (Å²) in [5.41, 5.74) is 5.49. The number of Topliss-reactive ketones (excluding diaryl/α,β-unsaturated/α-hetero) is 2. The summed E-state index contributed by atoms with van der Waals surface area (Å²) in [6.45, 7) is 32.7. The second-order valence-electron chi connectivity index (χ2n) is 39.2. The van der Waals surface area contributed by atoms with E-state index in [1.807, 2.05) is 220 Å². The molecular formula is C107H127B2ClFN15O17P-. The van der Waals surface area contributed by atoms with Crippen LogP contribution in [-0.4, -0.2) is 187 Å². The van der Waals surface area contributed by atoms with Crippen molar-refractivity contribution in [3.05, 3.63) is 290 Å². The maximum Gasteiger partial charge on any atom is 0.461 e. The van der Waals surface area contributed by atoms with Crippen LogP contribution < -0.4 is 36.5 Å². The number of ether oxygens (including phenoxy) is 1. The second-order valence-corrected chi connectivity index (χ2v) is 39.2. The maximum atomic E-state index is 14.3. The Morgan fingerprint density at radius 3 is 1.24 bits per heavy atom. The van der Waals surface area contributed by atoms with Gasteiger partial charge in [-0.25, -0.2) is 38.9 Å². The Labute approximate surface area is 847 Å². The number of aromatic hydroxyl groups is 4. The lowest BCUT2D eigenvalue weighted by Crippen LogP contribution is -2.48. The van der Waals surface area contributed by atoms with Gasteiger partial charge in [-0.3, -0.25) is 38.7 Å². The van der Waals surface area contributed by atoms with E-state index in [1.165, 1.54) is 87.3 Å². The third-order valence-electron chi connectivity index (χ3n) is 27.1. The number of ketones is 2. The van der Waals surface area contributed by atoms with Gasteiger partial charge in [0, 0.05) is 118 Å². The molecule has 758 valence electrons. The van der Waals surface area contributed by atoms with Gasteiger partial charge in [-0.1, -0.05) is 140 Å². The molecule has 37 heteroatoms. The summed E-state index contributed by atoms with van der Waals surface area (Å²) in [6, 6.07) is 53.4. The molecule has 8 aromatic carbocycles. The number of hydrogen-bond donors (Lipinski definition) is 8. The quantitative estimate of drug-likeness (QED) is 0.0108. The molecule has 0 saturated carbocycles. The van der Waals surface area contributed by atoms with Gasteiger partial charge in [-0.15, -0.1) is 12.4 Å². The Kier molecular flexibility index (Phi) is 36.9. The molecule has 3 amide bonds. The molecular weight excluding hydrogens is 1870 g/mol. The molecule has 12 aromatic rings. The summed E-state index contributed by atoms with van der Waals surface area (Å²) in [4.78, 5) is 127. The molecule has 0 spiro atoms. The van der Waals surface area contributed by atoms with E-state index in [0.29, 0.717) is 109 Å². The van der Waals surface area contributed by atoms with Crippen LogP contribution in [0.5, 0.6) is 28.7 Å². The van der Waals surface area contributed by atoms with Gasteiger partial charge < -0.3 is 82.9 Å². The molecule has 4 aliphatic rings. The lowest BCUT2D eigenvalue weighted by atomic mass is 9.65. The van der Waals surface area contributed by atoms with Crippen molar-refractivity contribution in [2.45, 2.75) is 213 Å². The van der Waals surface area contributed by atoms with Crippen molar-refractivity contribution in [3.8, 4) is 62.9 Å². The number of carbonyl (C=O) groups excluding carboxylic acids is 6. The van der Waals surface area contributed by atoms with Gasteiger partial charge in [0.1, 0.15) is 51.3 Å². The summed E-state index contributed by atoms with van der Waals surface area (Å²) >= 11 is 0. The van der Waals surface area contributed by atoms with Crippen LogP contribution in [0.4, 0.5) is 15.6 Å². The zero-order chi connectivity index (χ0) is 103. The number of hydrogen-bond acceptors (Lipinski definition) is 25. The molecule has 8 heterocycles. The number of anilines is 2. The number of benzene rings is 8. The minimum absolute atomic E-state index is 0. The van der Waals surface area contributed by atoms with Crippen LogP contribution in [-0.2, 0) is 57.0 Å². The van der Waals surface area contributed by atoms with Crippen LogP contribution in [0.2, 0.25) is 11.6 Å². The monoisotopic (exact) mass is 2000 g/mol. The molecule has 4 fully saturated rings. The first kappa shape index (κ1) is 109. The fourth-order valence-corrected chi connectivity index (χ4v) is 18.8. The lowest BCUT2D eigenvalue weighted by molar-refractivity contribution is -0.121. The topological polar surface area (TPSA) is 416 Å². The van der Waals surface area contributed by atoms with Crippen molar-refractivity contribution in [2.75, 3.05) is 49.1 Å². The number of nitrogens with zero attached hydrogens (tertiary/aromatic N) is 11. The SMILES string of the molecule is CC(C)C[C@H](CC(=O)[C@H](Cc1ccccc1)NC(=O)c1cnccn1)B1OC(C)(C)C(C)(c2ccc(C(=O)N3CCN(c4ccc(-n5c(-c6cc(C(C)C)c(O)cc6O)n[nH]c5=O)cc4)CC3)cc2)O1.CC(C)C[C@H](CC(=O)[C@H](Cc1ccccc1)NC(=O)c1cnccn1)B1OC(C)(C)C(C)(c2ccc(OC=O)cc2)O1.CC(C)c1cc(-c2n[nH]c(=O)n2-c2ccc(N3CCCCC3)cc2)c(O)cc1O.Cl.F[PH-]. The Morgan fingerprint density at radius 1 is 0.486 bits per heavy atom. The van der Waals surface area contributed by atoms with Gasteiger partial charge in [0.05, 0.1) is 58.2 Å². The van der Waals surface area contributed by atoms with Gasteiger partial charge in [0.15, 0.2) is 23.2 Å². The van der Waals surface area contributed by atoms with E-state index in [0.717, 1.165) is 46.7 Å². The van der Waals surface area contributed by atoms with Crippen molar-refractivity contribution in [3.63, 3.8) is 0 Å². The number of aromatic nitrogens is 10. The highest BCUT2D eigenvalue weighted by Gasteiger charge is 2.59. The van der Waals surface area contributed by atoms with Gasteiger partial charge in [0.2, 0.25) is 0 Å². The third-order valence-corrected chi connectivity index (χ3v) is 27.1. The van der Waals surface area contributed by atoms with E-state index in [1.54, 1.807) is 24.3 Å². The van der Waals surface area contributed by atoms with Crippen LogP contribution in [0.25, 0.3) is 34.2 Å². The van der Waals surface area contributed by atoms with Gasteiger partial charge in [0.25, 0.3) is 24.2 Å². The van der Waals surface area contributed by atoms with Gasteiger partial charge >= 0.3 is 25.6 Å². The van der Waals surface area contributed by atoms with Crippen molar-refractivity contribution >= 4 is 83.3 Å². The average molecular weight is 2000 g/mol. The molecule has 6 atom stereocenters. The summed E-state index contributed by atoms with van der Waals surface area (Å²) in [7, 11) is 0.0904. The first-order valence-electron chi connectivity index (χ1n) is 48.4. The minimum Gasteiger partial charge on any atom is -0.508 e. The predicted molar refractivity (Wildman–Crippen MR) is 556 cm³/mol. The number of phenolic OH excluding ortho intramolecular Hbond substituents is 4. The molecule has 4 aliphatic heterocycles. The average Bonchev–Trinajstić information content (AvgIpc) is 1.59. The Balaban J connectivity index is 0.000000211. The summed E-state index contributed by atoms with van der Waals surface area (Å²) in [5, 5.41) is 60.8. The van der Waals surface area contributed by atoms with E-state index in [9.17, 15) is 63.0 Å². The van der Waals surface area contributed by atoms with E-state index < -0.39 is 66.2 Å². The number of phenols is 4. The number of H-pyrrole nitrogens is 2. The molecule has 0 bridgehead atoms. The zero-order valence-electron chi connectivity index (χ0n) is 83.5. The van der Waals surface area contributed by atoms with Crippen molar-refractivity contribution in [1.82, 2.24) is 65.0 Å². The number of piperidine rings is 1. The highest BCUT2D eigenvalue weighted by atomic mass is 35.5. The first-order chi connectivity index (χ1) is 68.4. The van der Waals surface area contributed by atoms with E-state index in [-0.39, 0.29) is 124 Å². The van der Waals surface area contributed by atoms with Gasteiger partial charge in [-0.05, 0) is 228 Å². The molecule has 4 saturated heterocycles. The van der Waals surface area contributed by atoms with Crippen LogP contribution in [0.15, 0.2) is 229 Å². The molecule has 0 radical (unpaired) electrons. The number of carbonyl (C=O) groups is 6. The number of rotatable bonds is 33. The molecule has 144 heavy (non-hydrogen) atoms. The number of amides is 3. The van der Waals surface area contributed by atoms with Crippen LogP contribution in [0.3, 0.4) is 0 Å². The van der Waals surface area contributed by atoms with Crippen molar-refractivity contribution < 1.29 is 76.7 Å². The van der Waals surface area contributed by atoms with Crippen LogP contribution in [0.1, 0.15) is 218 Å². The molecule has 16 rings (SSSR count). The number of halogens is 2. The van der Waals surface area contributed by atoms with E-state index in [4.69, 9.17) is 23.4 Å². The molecule has 2 unspecified atom stereocenters. The molecule has 32 nitrogen and oxygen atoms in total. The fraction of sp³-hybridized carbons (Fsp3) is 0.383. The third kappa shape index (κ3) is 26.0. The smallest absolute Gasteiger partial charge is 0.461 e. The second kappa shape index (κ2) is 48.7. The lowest BCUT2D eigenvalue weighted by Gasteiger charge is -2.37. The number of piperazine rings is 1. The highest BCUT2D eigenvalue weighted by molar-refractivity contribution is 7.09. The van der Waals surface area contributed by atoms with Crippen LogP contribution >= 0.6 is 22.0 Å². The Hall–Kier alpha value is -13.6. The summed E-state index contributed by atoms with van der Waals surface area (Å²) in [5.74, 6) is -0.709. The van der Waals surface area contributed by atoms with E-state index >= 15 is 0 Å². The predicted octanol–water partition coefficient (Wildman–Crippen LogP) is 17.6. The zero-order valence-corrected chi connectivity index (χ0v) is 85.4. The van der Waals surface area contributed by atoms with E-state index in [2.05, 4.69) is 88.5 Å². The van der Waals surface area contributed by atoms with Crippen molar-refractivity contribution in [1.29, 1.82) is 0 Å².